The van der Waals surface area contributed by atoms with Crippen LogP contribution in [-0.4, -0.2) is 36.1 Å². The molecular weight excluding hydrogens is 202 g/mol. The van der Waals surface area contributed by atoms with Crippen molar-refractivity contribution in [1.82, 2.24) is 15.1 Å². The van der Waals surface area contributed by atoms with E-state index >= 15 is 0 Å². The molecule has 0 aromatic carbocycles. The topological polar surface area (TPSA) is 39.1 Å². The number of aryl methyl sites for hydroxylation is 1. The quantitative estimate of drug-likeness (QED) is 0.739. The van der Waals surface area contributed by atoms with Crippen LogP contribution >= 0.6 is 0 Å². The molecule has 1 unspecified atom stereocenters. The SMILES string of the molecule is c1cnn(CCCNCC2CCCOC2)c1. The summed E-state index contributed by atoms with van der Waals surface area (Å²) in [4.78, 5) is 0. The molecule has 0 radical (unpaired) electrons. The first kappa shape index (κ1) is 11.6. The average molecular weight is 223 g/mol. The van der Waals surface area contributed by atoms with Crippen molar-refractivity contribution < 1.29 is 4.74 Å². The highest BCUT2D eigenvalue weighted by molar-refractivity contribution is 4.77. The van der Waals surface area contributed by atoms with E-state index in [1.165, 1.54) is 12.8 Å². The van der Waals surface area contributed by atoms with Crippen LogP contribution in [0.25, 0.3) is 0 Å². The van der Waals surface area contributed by atoms with Crippen molar-refractivity contribution in [2.24, 2.45) is 5.92 Å². The highest BCUT2D eigenvalue weighted by Crippen LogP contribution is 2.11. The van der Waals surface area contributed by atoms with Crippen LogP contribution in [0.3, 0.4) is 0 Å². The Hall–Kier alpha value is -0.870. The monoisotopic (exact) mass is 223 g/mol. The lowest BCUT2D eigenvalue weighted by atomic mass is 10.0. The van der Waals surface area contributed by atoms with Gasteiger partial charge in [0, 0.05) is 32.1 Å². The fraction of sp³-hybridized carbons (Fsp3) is 0.750. The number of hydrogen-bond acceptors (Lipinski definition) is 3. The minimum Gasteiger partial charge on any atom is -0.381 e. The zero-order valence-corrected chi connectivity index (χ0v) is 9.77. The Bertz CT molecular complexity index is 268. The van der Waals surface area contributed by atoms with E-state index in [2.05, 4.69) is 10.4 Å². The van der Waals surface area contributed by atoms with E-state index in [0.717, 1.165) is 45.2 Å². The highest BCUT2D eigenvalue weighted by atomic mass is 16.5. The summed E-state index contributed by atoms with van der Waals surface area (Å²) in [6.45, 7) is 5.05. The van der Waals surface area contributed by atoms with Crippen LogP contribution in [-0.2, 0) is 11.3 Å². The molecule has 16 heavy (non-hydrogen) atoms. The van der Waals surface area contributed by atoms with Crippen molar-refractivity contribution in [2.75, 3.05) is 26.3 Å². The third-order valence-electron chi connectivity index (χ3n) is 2.99. The van der Waals surface area contributed by atoms with Crippen LogP contribution in [0.5, 0.6) is 0 Å². The maximum atomic E-state index is 5.44. The van der Waals surface area contributed by atoms with Crippen LogP contribution in [0, 0.1) is 5.92 Å². The molecule has 1 aromatic rings. The number of nitrogens with zero attached hydrogens (tertiary/aromatic N) is 2. The fourth-order valence-corrected chi connectivity index (χ4v) is 2.07. The van der Waals surface area contributed by atoms with Gasteiger partial charge in [-0.25, -0.2) is 0 Å². The molecule has 1 aromatic heterocycles. The molecule has 1 aliphatic rings. The number of ether oxygens (including phenoxy) is 1. The van der Waals surface area contributed by atoms with Gasteiger partial charge in [-0.1, -0.05) is 0 Å². The van der Waals surface area contributed by atoms with Gasteiger partial charge in [-0.2, -0.15) is 5.10 Å². The predicted octanol–water partition coefficient (Wildman–Crippen LogP) is 1.29. The highest BCUT2D eigenvalue weighted by Gasteiger charge is 2.12. The molecule has 1 aliphatic heterocycles. The van der Waals surface area contributed by atoms with Crippen molar-refractivity contribution in [2.45, 2.75) is 25.8 Å². The molecule has 2 heterocycles. The molecule has 1 atom stereocenters. The largest absolute Gasteiger partial charge is 0.381 e. The van der Waals surface area contributed by atoms with Crippen molar-refractivity contribution >= 4 is 0 Å². The number of hydrogen-bond donors (Lipinski definition) is 1. The molecule has 1 fully saturated rings. The minimum atomic E-state index is 0.721. The van der Waals surface area contributed by atoms with Gasteiger partial charge in [0.15, 0.2) is 0 Å². The molecule has 0 saturated carbocycles. The summed E-state index contributed by atoms with van der Waals surface area (Å²) in [5.41, 5.74) is 0. The standard InChI is InChI=1S/C12H21N3O/c1-4-12(11-16-9-1)10-13-5-2-7-15-8-3-6-14-15/h3,6,8,12-13H,1-2,4-5,7,9-11H2. The second-order valence-corrected chi connectivity index (χ2v) is 4.41. The second-order valence-electron chi connectivity index (χ2n) is 4.41. The number of aromatic nitrogens is 2. The first-order valence-electron chi connectivity index (χ1n) is 6.21. The molecule has 4 nitrogen and oxygen atoms in total. The van der Waals surface area contributed by atoms with Gasteiger partial charge in [0.1, 0.15) is 0 Å². The Morgan fingerprint density at radius 3 is 3.25 bits per heavy atom. The van der Waals surface area contributed by atoms with E-state index in [0.29, 0.717) is 0 Å². The Kier molecular flexibility index (Phi) is 4.83. The summed E-state index contributed by atoms with van der Waals surface area (Å²) in [6, 6.07) is 1.97. The Morgan fingerprint density at radius 2 is 2.50 bits per heavy atom. The van der Waals surface area contributed by atoms with E-state index in [9.17, 15) is 0 Å². The van der Waals surface area contributed by atoms with Crippen LogP contribution in [0.1, 0.15) is 19.3 Å². The lowest BCUT2D eigenvalue weighted by Crippen LogP contribution is -2.30. The van der Waals surface area contributed by atoms with Gasteiger partial charge >= 0.3 is 0 Å². The Morgan fingerprint density at radius 1 is 1.50 bits per heavy atom. The molecule has 2 rings (SSSR count). The summed E-state index contributed by atoms with van der Waals surface area (Å²) in [5, 5.41) is 7.67. The van der Waals surface area contributed by atoms with Crippen molar-refractivity contribution in [3.05, 3.63) is 18.5 Å². The van der Waals surface area contributed by atoms with E-state index in [1.807, 2.05) is 23.1 Å². The van der Waals surface area contributed by atoms with Gasteiger partial charge in [0.05, 0.1) is 6.61 Å². The van der Waals surface area contributed by atoms with E-state index in [-0.39, 0.29) is 0 Å². The average Bonchev–Trinajstić information content (AvgIpc) is 2.83. The van der Waals surface area contributed by atoms with Gasteiger partial charge in [0.25, 0.3) is 0 Å². The third-order valence-corrected chi connectivity index (χ3v) is 2.99. The van der Waals surface area contributed by atoms with Crippen LogP contribution in [0.4, 0.5) is 0 Å². The van der Waals surface area contributed by atoms with Gasteiger partial charge in [-0.05, 0) is 37.8 Å². The van der Waals surface area contributed by atoms with E-state index < -0.39 is 0 Å². The fourth-order valence-electron chi connectivity index (χ4n) is 2.07. The third kappa shape index (κ3) is 3.94. The Labute approximate surface area is 97.0 Å². The van der Waals surface area contributed by atoms with E-state index in [4.69, 9.17) is 4.74 Å². The lowest BCUT2D eigenvalue weighted by Gasteiger charge is -2.22. The first-order valence-corrected chi connectivity index (χ1v) is 6.21. The number of rotatable bonds is 6. The summed E-state index contributed by atoms with van der Waals surface area (Å²) in [6.07, 6.45) is 7.50. The molecule has 0 bridgehead atoms. The maximum absolute atomic E-state index is 5.44. The van der Waals surface area contributed by atoms with Crippen molar-refractivity contribution in [1.29, 1.82) is 0 Å². The zero-order valence-electron chi connectivity index (χ0n) is 9.77. The van der Waals surface area contributed by atoms with Crippen LogP contribution < -0.4 is 5.32 Å². The normalized spacial score (nSPS) is 21.1. The number of nitrogens with one attached hydrogen (secondary N) is 1. The molecule has 1 N–H and O–H groups in total. The second kappa shape index (κ2) is 6.66. The van der Waals surface area contributed by atoms with Crippen molar-refractivity contribution in [3.63, 3.8) is 0 Å². The van der Waals surface area contributed by atoms with Gasteiger partial charge in [0.2, 0.25) is 0 Å². The molecule has 0 amide bonds. The lowest BCUT2D eigenvalue weighted by molar-refractivity contribution is 0.0549. The van der Waals surface area contributed by atoms with Gasteiger partial charge < -0.3 is 10.1 Å². The van der Waals surface area contributed by atoms with Crippen molar-refractivity contribution in [3.8, 4) is 0 Å². The summed E-state index contributed by atoms with van der Waals surface area (Å²) in [7, 11) is 0. The van der Waals surface area contributed by atoms with Crippen LogP contribution in [0.2, 0.25) is 0 Å². The molecule has 0 aliphatic carbocycles. The van der Waals surface area contributed by atoms with Crippen LogP contribution in [0.15, 0.2) is 18.5 Å². The molecule has 90 valence electrons. The molecule has 1 saturated heterocycles. The Balaban J connectivity index is 1.48. The smallest absolute Gasteiger partial charge is 0.0506 e. The van der Waals surface area contributed by atoms with Gasteiger partial charge in [-0.15, -0.1) is 0 Å². The minimum absolute atomic E-state index is 0.721. The molecular formula is C12H21N3O. The molecule has 4 heteroatoms. The summed E-state index contributed by atoms with van der Waals surface area (Å²) < 4.78 is 7.42. The molecule has 0 spiro atoms. The summed E-state index contributed by atoms with van der Waals surface area (Å²) >= 11 is 0. The van der Waals surface area contributed by atoms with E-state index in [1.54, 1.807) is 0 Å². The maximum Gasteiger partial charge on any atom is 0.0506 e. The summed E-state index contributed by atoms with van der Waals surface area (Å²) in [5.74, 6) is 0.721. The van der Waals surface area contributed by atoms with Gasteiger partial charge in [-0.3, -0.25) is 4.68 Å². The predicted molar refractivity (Wildman–Crippen MR) is 63.3 cm³/mol. The zero-order chi connectivity index (χ0) is 11.1. The first-order chi connectivity index (χ1) is 7.95.